The number of carbonyl (C=O) groups excluding carboxylic acids is 1. The summed E-state index contributed by atoms with van der Waals surface area (Å²) in [7, 11) is 0. The second kappa shape index (κ2) is 8.75. The summed E-state index contributed by atoms with van der Waals surface area (Å²) in [5.41, 5.74) is 0.735. The molecule has 1 unspecified atom stereocenters. The summed E-state index contributed by atoms with van der Waals surface area (Å²) in [6, 6.07) is 6.12. The molecule has 25 heavy (non-hydrogen) atoms. The third kappa shape index (κ3) is 5.67. The topological polar surface area (TPSA) is 87.5 Å². The summed E-state index contributed by atoms with van der Waals surface area (Å²) in [6.07, 6.45) is 1.77. The minimum absolute atomic E-state index is 0.0383. The molecular formula is C17H24N4O3S. The number of hydrogen-bond acceptors (Lipinski definition) is 4. The van der Waals surface area contributed by atoms with Gasteiger partial charge in [-0.15, -0.1) is 0 Å². The Bertz CT molecular complexity index is 633. The maximum atomic E-state index is 12.3. The number of non-ortho nitro benzene ring substituents is 1. The molecule has 2 N–H and O–H groups in total. The number of rotatable bonds is 5. The number of hydrogen-bond donors (Lipinski definition) is 2. The van der Waals surface area contributed by atoms with E-state index in [0.717, 1.165) is 19.4 Å². The zero-order valence-corrected chi connectivity index (χ0v) is 15.3. The van der Waals surface area contributed by atoms with Crippen LogP contribution in [0.25, 0.3) is 0 Å². The van der Waals surface area contributed by atoms with Gasteiger partial charge < -0.3 is 15.5 Å². The van der Waals surface area contributed by atoms with E-state index >= 15 is 0 Å². The van der Waals surface area contributed by atoms with E-state index in [4.69, 9.17) is 12.2 Å². The number of nitrogens with zero attached hydrogens (tertiary/aromatic N) is 2. The van der Waals surface area contributed by atoms with E-state index in [1.165, 1.54) is 12.1 Å². The molecule has 2 rings (SSSR count). The van der Waals surface area contributed by atoms with Gasteiger partial charge in [-0.2, -0.15) is 0 Å². The summed E-state index contributed by atoms with van der Waals surface area (Å²) in [5, 5.41) is 17.3. The minimum atomic E-state index is -0.437. The molecule has 0 bridgehead atoms. The highest BCUT2D eigenvalue weighted by molar-refractivity contribution is 7.80. The second-order valence-corrected chi connectivity index (χ2v) is 7.05. The molecule has 1 aliphatic heterocycles. The van der Waals surface area contributed by atoms with Crippen LogP contribution in [-0.2, 0) is 4.79 Å². The predicted molar refractivity (Wildman–Crippen MR) is 101 cm³/mol. The van der Waals surface area contributed by atoms with Gasteiger partial charge in [0.1, 0.15) is 0 Å². The van der Waals surface area contributed by atoms with Crippen molar-refractivity contribution in [3.8, 4) is 0 Å². The fourth-order valence-electron chi connectivity index (χ4n) is 2.69. The summed E-state index contributed by atoms with van der Waals surface area (Å²) in [5.74, 6) is 0.439. The Morgan fingerprint density at radius 1 is 1.40 bits per heavy atom. The van der Waals surface area contributed by atoms with E-state index < -0.39 is 4.92 Å². The zero-order chi connectivity index (χ0) is 18.4. The summed E-state index contributed by atoms with van der Waals surface area (Å²) in [6.45, 7) is 6.20. The lowest BCUT2D eigenvalue weighted by atomic mass is 9.97. The summed E-state index contributed by atoms with van der Waals surface area (Å²) >= 11 is 5.44. The Labute approximate surface area is 152 Å². The highest BCUT2D eigenvalue weighted by Crippen LogP contribution is 2.20. The van der Waals surface area contributed by atoms with Crippen LogP contribution in [0.2, 0.25) is 0 Å². The van der Waals surface area contributed by atoms with Crippen LogP contribution in [0.4, 0.5) is 11.4 Å². The Morgan fingerprint density at radius 3 is 2.68 bits per heavy atom. The molecule has 1 atom stereocenters. The lowest BCUT2D eigenvalue weighted by molar-refractivity contribution is -0.384. The van der Waals surface area contributed by atoms with Gasteiger partial charge >= 0.3 is 0 Å². The molecule has 0 spiro atoms. The van der Waals surface area contributed by atoms with Gasteiger partial charge in [-0.1, -0.05) is 13.8 Å². The summed E-state index contributed by atoms with van der Waals surface area (Å²) < 4.78 is 0. The molecular weight excluding hydrogens is 340 g/mol. The van der Waals surface area contributed by atoms with Crippen LogP contribution in [0, 0.1) is 22.0 Å². The van der Waals surface area contributed by atoms with Gasteiger partial charge in [0, 0.05) is 37.5 Å². The van der Waals surface area contributed by atoms with Crippen molar-refractivity contribution < 1.29 is 9.72 Å². The Hall–Kier alpha value is -2.22. The van der Waals surface area contributed by atoms with E-state index in [1.807, 2.05) is 4.90 Å². The molecule has 1 amide bonds. The minimum Gasteiger partial charge on any atom is -0.356 e. The van der Waals surface area contributed by atoms with Crippen LogP contribution in [0.15, 0.2) is 24.3 Å². The largest absolute Gasteiger partial charge is 0.356 e. The standard InChI is InChI=1S/C17H24N4O3S/c1-12(2)10-18-16(22)13-4-3-9-20(11-13)17(25)19-14-5-7-15(8-6-14)21(23)24/h5-8,12-13H,3-4,9-11H2,1-2H3,(H,18,22)(H,19,25). The van der Waals surface area contributed by atoms with E-state index in [2.05, 4.69) is 24.5 Å². The maximum Gasteiger partial charge on any atom is 0.269 e. The van der Waals surface area contributed by atoms with Gasteiger partial charge in [0.25, 0.3) is 5.69 Å². The molecule has 8 heteroatoms. The maximum absolute atomic E-state index is 12.3. The van der Waals surface area contributed by atoms with Gasteiger partial charge in [0.2, 0.25) is 5.91 Å². The SMILES string of the molecule is CC(C)CNC(=O)C1CCCN(C(=S)Nc2ccc([N+](=O)[O-])cc2)C1. The number of nitrogens with one attached hydrogen (secondary N) is 2. The Balaban J connectivity index is 1.90. The smallest absolute Gasteiger partial charge is 0.269 e. The van der Waals surface area contributed by atoms with Gasteiger partial charge in [-0.3, -0.25) is 14.9 Å². The number of nitro groups is 1. The number of piperidine rings is 1. The quantitative estimate of drug-likeness (QED) is 0.475. The van der Waals surface area contributed by atoms with Crippen molar-refractivity contribution in [2.45, 2.75) is 26.7 Å². The number of anilines is 1. The zero-order valence-electron chi connectivity index (χ0n) is 14.5. The Morgan fingerprint density at radius 2 is 2.08 bits per heavy atom. The molecule has 1 aliphatic rings. The average Bonchev–Trinajstić information content (AvgIpc) is 2.60. The molecule has 1 fully saturated rings. The molecule has 1 aromatic carbocycles. The molecule has 1 aromatic rings. The van der Waals surface area contributed by atoms with E-state index in [9.17, 15) is 14.9 Å². The Kier molecular flexibility index (Phi) is 6.69. The molecule has 1 heterocycles. The summed E-state index contributed by atoms with van der Waals surface area (Å²) in [4.78, 5) is 24.5. The average molecular weight is 364 g/mol. The number of thiocarbonyl (C=S) groups is 1. The second-order valence-electron chi connectivity index (χ2n) is 6.66. The van der Waals surface area contributed by atoms with Gasteiger partial charge in [-0.05, 0) is 43.1 Å². The lowest BCUT2D eigenvalue weighted by Crippen LogP contribution is -2.47. The third-order valence-corrected chi connectivity index (χ3v) is 4.45. The highest BCUT2D eigenvalue weighted by atomic mass is 32.1. The van der Waals surface area contributed by atoms with Crippen LogP contribution < -0.4 is 10.6 Å². The first-order valence-corrected chi connectivity index (χ1v) is 8.85. The monoisotopic (exact) mass is 364 g/mol. The molecule has 7 nitrogen and oxygen atoms in total. The molecule has 0 aliphatic carbocycles. The predicted octanol–water partition coefficient (Wildman–Crippen LogP) is 2.78. The van der Waals surface area contributed by atoms with E-state index in [0.29, 0.717) is 29.8 Å². The first-order valence-electron chi connectivity index (χ1n) is 8.45. The van der Waals surface area contributed by atoms with Gasteiger partial charge in [-0.25, -0.2) is 0 Å². The van der Waals surface area contributed by atoms with Crippen molar-refractivity contribution >= 4 is 34.6 Å². The molecule has 136 valence electrons. The molecule has 0 saturated carbocycles. The third-order valence-electron chi connectivity index (χ3n) is 4.09. The number of carbonyl (C=O) groups is 1. The fraction of sp³-hybridized carbons (Fsp3) is 0.529. The molecule has 0 aromatic heterocycles. The van der Waals surface area contributed by atoms with Crippen molar-refractivity contribution in [3.05, 3.63) is 34.4 Å². The van der Waals surface area contributed by atoms with Crippen molar-refractivity contribution in [3.63, 3.8) is 0 Å². The van der Waals surface area contributed by atoms with Crippen molar-refractivity contribution in [2.75, 3.05) is 25.0 Å². The number of nitro benzene ring substituents is 1. The van der Waals surface area contributed by atoms with Gasteiger partial charge in [0.05, 0.1) is 10.8 Å². The number of amides is 1. The van der Waals surface area contributed by atoms with Crippen molar-refractivity contribution in [1.82, 2.24) is 10.2 Å². The lowest BCUT2D eigenvalue weighted by Gasteiger charge is -2.34. The van der Waals surface area contributed by atoms with Gasteiger partial charge in [0.15, 0.2) is 5.11 Å². The van der Waals surface area contributed by atoms with Crippen LogP contribution in [-0.4, -0.2) is 40.5 Å². The van der Waals surface area contributed by atoms with Crippen molar-refractivity contribution in [2.24, 2.45) is 11.8 Å². The molecule has 1 saturated heterocycles. The van der Waals surface area contributed by atoms with E-state index in [1.54, 1.807) is 12.1 Å². The van der Waals surface area contributed by atoms with Crippen LogP contribution in [0.3, 0.4) is 0 Å². The first kappa shape index (κ1) is 19.1. The highest BCUT2D eigenvalue weighted by Gasteiger charge is 2.27. The van der Waals surface area contributed by atoms with Crippen LogP contribution in [0.1, 0.15) is 26.7 Å². The fourth-order valence-corrected chi connectivity index (χ4v) is 2.98. The normalized spacial score (nSPS) is 17.2. The van der Waals surface area contributed by atoms with E-state index in [-0.39, 0.29) is 17.5 Å². The molecule has 0 radical (unpaired) electrons. The number of benzene rings is 1. The first-order chi connectivity index (χ1) is 11.9. The number of likely N-dealkylation sites (tertiary alicyclic amines) is 1. The van der Waals surface area contributed by atoms with Crippen LogP contribution >= 0.6 is 12.2 Å². The van der Waals surface area contributed by atoms with Crippen molar-refractivity contribution in [1.29, 1.82) is 0 Å². The van der Waals surface area contributed by atoms with Crippen LogP contribution in [0.5, 0.6) is 0 Å².